The summed E-state index contributed by atoms with van der Waals surface area (Å²) in [6, 6.07) is 4.02. The third-order valence-corrected chi connectivity index (χ3v) is 3.45. The summed E-state index contributed by atoms with van der Waals surface area (Å²) in [5.41, 5.74) is 5.18. The molecule has 3 amide bonds. The van der Waals surface area contributed by atoms with Crippen LogP contribution in [0.3, 0.4) is 0 Å². The fourth-order valence-corrected chi connectivity index (χ4v) is 2.20. The molecule has 1 aromatic rings. The molecular formula is C15H17N3O7. The lowest BCUT2D eigenvalue weighted by molar-refractivity contribution is -0.385. The molecular weight excluding hydrogens is 334 g/mol. The summed E-state index contributed by atoms with van der Waals surface area (Å²) < 4.78 is 10.3. The van der Waals surface area contributed by atoms with Crippen LogP contribution in [0.15, 0.2) is 18.2 Å². The van der Waals surface area contributed by atoms with Crippen LogP contribution in [0.2, 0.25) is 0 Å². The summed E-state index contributed by atoms with van der Waals surface area (Å²) in [6.45, 7) is 0.306. The number of nitro groups is 1. The molecule has 2 N–H and O–H groups in total. The van der Waals surface area contributed by atoms with Crippen molar-refractivity contribution in [3.8, 4) is 5.75 Å². The second-order valence-electron chi connectivity index (χ2n) is 5.22. The van der Waals surface area contributed by atoms with E-state index in [4.69, 9.17) is 15.2 Å². The van der Waals surface area contributed by atoms with Gasteiger partial charge < -0.3 is 15.2 Å². The minimum Gasteiger partial charge on any atom is -0.494 e. The van der Waals surface area contributed by atoms with Crippen LogP contribution in [0.5, 0.6) is 5.75 Å². The van der Waals surface area contributed by atoms with Crippen molar-refractivity contribution in [2.75, 3.05) is 13.2 Å². The minimum atomic E-state index is -1.14. The van der Waals surface area contributed by atoms with Crippen molar-refractivity contribution < 1.29 is 28.8 Å². The molecule has 25 heavy (non-hydrogen) atoms. The summed E-state index contributed by atoms with van der Waals surface area (Å²) in [5.74, 6) is -0.940. The zero-order valence-corrected chi connectivity index (χ0v) is 13.3. The van der Waals surface area contributed by atoms with Crippen LogP contribution in [0, 0.1) is 10.1 Å². The van der Waals surface area contributed by atoms with Gasteiger partial charge in [0.25, 0.3) is 5.69 Å². The first kappa shape index (κ1) is 18.3. The standard InChI is InChI=1S/C15H17N3O7/c16-6-1-7-24-11-2-3-12(18(22)23)10(8-11)9-25-15(21)17-13(19)4-5-14(17)20/h2-3,8H,1,4-7,9,16H2. The number of carbonyl (C=O) groups is 3. The van der Waals surface area contributed by atoms with Crippen LogP contribution >= 0.6 is 0 Å². The average Bonchev–Trinajstić information content (AvgIpc) is 2.91. The number of carbonyl (C=O) groups excluding carboxylic acids is 3. The Hall–Kier alpha value is -3.01. The van der Waals surface area contributed by atoms with E-state index in [9.17, 15) is 24.5 Å². The van der Waals surface area contributed by atoms with E-state index in [1.807, 2.05) is 0 Å². The lowest BCUT2D eigenvalue weighted by Crippen LogP contribution is -2.35. The van der Waals surface area contributed by atoms with Gasteiger partial charge in [-0.05, 0) is 25.1 Å². The van der Waals surface area contributed by atoms with Crippen LogP contribution in [0.4, 0.5) is 10.5 Å². The predicted molar refractivity (Wildman–Crippen MR) is 83.5 cm³/mol. The second kappa shape index (κ2) is 8.20. The molecule has 1 saturated heterocycles. The molecule has 0 saturated carbocycles. The highest BCUT2D eigenvalue weighted by atomic mass is 16.6. The van der Waals surface area contributed by atoms with Crippen LogP contribution in [-0.2, 0) is 20.9 Å². The van der Waals surface area contributed by atoms with Crippen molar-refractivity contribution in [1.29, 1.82) is 0 Å². The molecule has 134 valence electrons. The van der Waals surface area contributed by atoms with Crippen LogP contribution in [0.1, 0.15) is 24.8 Å². The monoisotopic (exact) mass is 351 g/mol. The predicted octanol–water partition coefficient (Wildman–Crippen LogP) is 1.11. The first-order chi connectivity index (χ1) is 11.9. The van der Waals surface area contributed by atoms with Crippen molar-refractivity contribution in [2.24, 2.45) is 5.73 Å². The Kier molecular flexibility index (Phi) is 6.01. The molecule has 10 heteroatoms. The van der Waals surface area contributed by atoms with Crippen molar-refractivity contribution in [3.63, 3.8) is 0 Å². The van der Waals surface area contributed by atoms with Crippen LogP contribution in [0.25, 0.3) is 0 Å². The maximum Gasteiger partial charge on any atom is 0.423 e. The van der Waals surface area contributed by atoms with E-state index < -0.39 is 29.4 Å². The summed E-state index contributed by atoms with van der Waals surface area (Å²) in [4.78, 5) is 45.7. The van der Waals surface area contributed by atoms with E-state index >= 15 is 0 Å². The van der Waals surface area contributed by atoms with Gasteiger partial charge in [-0.25, -0.2) is 4.79 Å². The molecule has 0 radical (unpaired) electrons. The second-order valence-corrected chi connectivity index (χ2v) is 5.22. The van der Waals surface area contributed by atoms with Crippen molar-refractivity contribution in [1.82, 2.24) is 4.90 Å². The van der Waals surface area contributed by atoms with Gasteiger partial charge in [0.1, 0.15) is 12.4 Å². The van der Waals surface area contributed by atoms with Crippen molar-refractivity contribution in [2.45, 2.75) is 25.9 Å². The maximum atomic E-state index is 11.9. The minimum absolute atomic E-state index is 0.0570. The highest BCUT2D eigenvalue weighted by molar-refractivity contribution is 6.13. The molecule has 1 aliphatic rings. The molecule has 1 heterocycles. The summed E-state index contributed by atoms with van der Waals surface area (Å²) in [6.07, 6.45) is -0.645. The third-order valence-electron chi connectivity index (χ3n) is 3.45. The zero-order chi connectivity index (χ0) is 18.4. The van der Waals surface area contributed by atoms with Gasteiger partial charge in [-0.3, -0.25) is 19.7 Å². The summed E-state index contributed by atoms with van der Waals surface area (Å²) >= 11 is 0. The summed E-state index contributed by atoms with van der Waals surface area (Å²) in [5, 5.41) is 11.1. The largest absolute Gasteiger partial charge is 0.494 e. The molecule has 10 nitrogen and oxygen atoms in total. The van der Waals surface area contributed by atoms with E-state index in [1.165, 1.54) is 18.2 Å². The highest BCUT2D eigenvalue weighted by Gasteiger charge is 2.36. The van der Waals surface area contributed by atoms with E-state index in [2.05, 4.69) is 0 Å². The van der Waals surface area contributed by atoms with Crippen LogP contribution in [-0.4, -0.2) is 40.9 Å². The number of rotatable bonds is 7. The topological polar surface area (TPSA) is 142 Å². The third kappa shape index (κ3) is 4.51. The molecule has 0 aliphatic carbocycles. The molecule has 0 spiro atoms. The highest BCUT2D eigenvalue weighted by Crippen LogP contribution is 2.25. The number of hydrogen-bond acceptors (Lipinski definition) is 8. The Bertz CT molecular complexity index is 688. The fraction of sp³-hybridized carbons (Fsp3) is 0.400. The van der Waals surface area contributed by atoms with Crippen molar-refractivity contribution >= 4 is 23.6 Å². The van der Waals surface area contributed by atoms with Gasteiger partial charge in [-0.1, -0.05) is 0 Å². The first-order valence-electron chi connectivity index (χ1n) is 7.56. The van der Waals surface area contributed by atoms with Gasteiger partial charge in [0.2, 0.25) is 11.8 Å². The number of imide groups is 3. The molecule has 0 bridgehead atoms. The van der Waals surface area contributed by atoms with E-state index in [0.29, 0.717) is 30.2 Å². The Morgan fingerprint density at radius 3 is 2.56 bits per heavy atom. The molecule has 1 aromatic carbocycles. The Morgan fingerprint density at radius 2 is 1.96 bits per heavy atom. The molecule has 0 aromatic heterocycles. The average molecular weight is 351 g/mol. The lowest BCUT2D eigenvalue weighted by Gasteiger charge is -2.13. The van der Waals surface area contributed by atoms with Crippen LogP contribution < -0.4 is 10.5 Å². The Morgan fingerprint density at radius 1 is 1.28 bits per heavy atom. The smallest absolute Gasteiger partial charge is 0.423 e. The summed E-state index contributed by atoms with van der Waals surface area (Å²) in [7, 11) is 0. The zero-order valence-electron chi connectivity index (χ0n) is 13.3. The maximum absolute atomic E-state index is 11.9. The van der Waals surface area contributed by atoms with Gasteiger partial charge in [0.15, 0.2) is 0 Å². The fourth-order valence-electron chi connectivity index (χ4n) is 2.20. The van der Waals surface area contributed by atoms with E-state index in [-0.39, 0.29) is 24.1 Å². The van der Waals surface area contributed by atoms with Gasteiger partial charge in [0.05, 0.1) is 17.1 Å². The van der Waals surface area contributed by atoms with Gasteiger partial charge >= 0.3 is 6.09 Å². The van der Waals surface area contributed by atoms with Gasteiger partial charge in [-0.2, -0.15) is 4.90 Å². The number of benzene rings is 1. The number of nitrogens with zero attached hydrogens (tertiary/aromatic N) is 2. The molecule has 2 rings (SSSR count). The van der Waals surface area contributed by atoms with E-state index in [1.54, 1.807) is 0 Å². The van der Waals surface area contributed by atoms with Gasteiger partial charge in [0, 0.05) is 18.9 Å². The lowest BCUT2D eigenvalue weighted by atomic mass is 10.2. The molecule has 1 aliphatic heterocycles. The number of amides is 3. The normalized spacial score (nSPS) is 13.9. The SMILES string of the molecule is NCCCOc1ccc([N+](=O)[O-])c(COC(=O)N2C(=O)CCC2=O)c1. The van der Waals surface area contributed by atoms with Gasteiger partial charge in [-0.15, -0.1) is 0 Å². The Balaban J connectivity index is 2.09. The number of ether oxygens (including phenoxy) is 2. The quantitative estimate of drug-likeness (QED) is 0.333. The van der Waals surface area contributed by atoms with E-state index in [0.717, 1.165) is 0 Å². The number of nitro benzene ring substituents is 1. The van der Waals surface area contributed by atoms with Crippen molar-refractivity contribution in [3.05, 3.63) is 33.9 Å². The Labute approximate surface area is 142 Å². The molecule has 0 unspecified atom stereocenters. The number of hydrogen-bond donors (Lipinski definition) is 1. The first-order valence-corrected chi connectivity index (χ1v) is 7.56. The molecule has 0 atom stereocenters. The molecule has 1 fully saturated rings. The number of nitrogens with two attached hydrogens (primary N) is 1. The number of likely N-dealkylation sites (tertiary alicyclic amines) is 1.